The summed E-state index contributed by atoms with van der Waals surface area (Å²) in [4.78, 5) is 13.6. The van der Waals surface area contributed by atoms with Crippen LogP contribution < -0.4 is 5.32 Å². The number of anilines is 1. The Hall–Kier alpha value is -1.22. The van der Waals surface area contributed by atoms with E-state index in [1.807, 2.05) is 0 Å². The van der Waals surface area contributed by atoms with E-state index in [1.54, 1.807) is 37.2 Å². The molecule has 0 aliphatic rings. The van der Waals surface area contributed by atoms with Crippen molar-refractivity contribution >= 4 is 23.2 Å². The van der Waals surface area contributed by atoms with Crippen LogP contribution >= 0.6 is 11.6 Å². The summed E-state index contributed by atoms with van der Waals surface area (Å²) in [5.41, 5.74) is 1.47. The van der Waals surface area contributed by atoms with E-state index in [-0.39, 0.29) is 5.91 Å². The quantitative estimate of drug-likeness (QED) is 0.886. The molecule has 1 N–H and O–H groups in total. The molecule has 100 valence electrons. The number of carbonyl (C=O) groups is 1. The number of hydrogen-bond acceptors (Lipinski definition) is 2. The lowest BCUT2D eigenvalue weighted by Gasteiger charge is -2.17. The molecule has 3 nitrogen and oxygen atoms in total. The van der Waals surface area contributed by atoms with Gasteiger partial charge in [0.15, 0.2) is 0 Å². The van der Waals surface area contributed by atoms with E-state index in [0.29, 0.717) is 16.5 Å². The topological polar surface area (TPSA) is 32.3 Å². The fraction of sp³-hybridized carbons (Fsp3) is 0.500. The predicted octanol–water partition coefficient (Wildman–Crippen LogP) is 3.50. The maximum absolute atomic E-state index is 12.0. The van der Waals surface area contributed by atoms with Gasteiger partial charge in [0.1, 0.15) is 0 Å². The molecule has 0 saturated carbocycles. The lowest BCUT2D eigenvalue weighted by molar-refractivity contribution is 0.0828. The standard InChI is InChI=1S/C14H21ClN2O/c1-5-10(2)9-16-13-8-11(15)6-7-12(13)14(18)17(3)4/h6-8,10,16H,5,9H2,1-4H3. The van der Waals surface area contributed by atoms with Gasteiger partial charge in [-0.25, -0.2) is 0 Å². The van der Waals surface area contributed by atoms with E-state index in [4.69, 9.17) is 11.6 Å². The van der Waals surface area contributed by atoms with Crippen molar-refractivity contribution in [3.63, 3.8) is 0 Å². The van der Waals surface area contributed by atoms with Crippen LogP contribution in [-0.2, 0) is 0 Å². The third kappa shape index (κ3) is 3.91. The third-order valence-electron chi connectivity index (χ3n) is 2.96. The van der Waals surface area contributed by atoms with Crippen molar-refractivity contribution < 1.29 is 4.79 Å². The van der Waals surface area contributed by atoms with Gasteiger partial charge >= 0.3 is 0 Å². The Labute approximate surface area is 114 Å². The Bertz CT molecular complexity index is 418. The van der Waals surface area contributed by atoms with Gasteiger partial charge in [-0.2, -0.15) is 0 Å². The van der Waals surface area contributed by atoms with Crippen molar-refractivity contribution in [1.29, 1.82) is 0 Å². The SMILES string of the molecule is CCC(C)CNc1cc(Cl)ccc1C(=O)N(C)C. The van der Waals surface area contributed by atoms with Crippen molar-refractivity contribution in [2.24, 2.45) is 5.92 Å². The molecular weight excluding hydrogens is 248 g/mol. The summed E-state index contributed by atoms with van der Waals surface area (Å²) in [7, 11) is 3.49. The molecule has 1 rings (SSSR count). The monoisotopic (exact) mass is 268 g/mol. The molecule has 0 radical (unpaired) electrons. The fourth-order valence-electron chi connectivity index (χ4n) is 1.52. The Morgan fingerprint density at radius 3 is 2.67 bits per heavy atom. The van der Waals surface area contributed by atoms with Gasteiger partial charge in [-0.15, -0.1) is 0 Å². The van der Waals surface area contributed by atoms with Gasteiger partial charge in [0.05, 0.1) is 5.56 Å². The van der Waals surface area contributed by atoms with E-state index in [9.17, 15) is 4.79 Å². The summed E-state index contributed by atoms with van der Waals surface area (Å²) in [5, 5.41) is 3.94. The first-order valence-electron chi connectivity index (χ1n) is 6.20. The van der Waals surface area contributed by atoms with Crippen LogP contribution in [0.1, 0.15) is 30.6 Å². The smallest absolute Gasteiger partial charge is 0.255 e. The molecule has 1 atom stereocenters. The van der Waals surface area contributed by atoms with Crippen LogP contribution in [0, 0.1) is 5.92 Å². The summed E-state index contributed by atoms with van der Waals surface area (Å²) in [6, 6.07) is 5.32. The van der Waals surface area contributed by atoms with E-state index >= 15 is 0 Å². The number of hydrogen-bond donors (Lipinski definition) is 1. The lowest BCUT2D eigenvalue weighted by atomic mass is 10.1. The van der Waals surface area contributed by atoms with Crippen LogP contribution in [0.3, 0.4) is 0 Å². The Morgan fingerprint density at radius 1 is 1.44 bits per heavy atom. The molecule has 1 aromatic carbocycles. The van der Waals surface area contributed by atoms with Crippen LogP contribution in [0.15, 0.2) is 18.2 Å². The number of benzene rings is 1. The Kier molecular flexibility index (Phi) is 5.48. The van der Waals surface area contributed by atoms with Gasteiger partial charge in [-0.3, -0.25) is 4.79 Å². The molecule has 0 aliphatic heterocycles. The van der Waals surface area contributed by atoms with Gasteiger partial charge < -0.3 is 10.2 Å². The Morgan fingerprint density at radius 2 is 2.11 bits per heavy atom. The highest BCUT2D eigenvalue weighted by atomic mass is 35.5. The van der Waals surface area contributed by atoms with Gasteiger partial charge in [0.2, 0.25) is 0 Å². The molecule has 0 heterocycles. The largest absolute Gasteiger partial charge is 0.384 e. The summed E-state index contributed by atoms with van der Waals surface area (Å²) < 4.78 is 0. The molecule has 0 aromatic heterocycles. The van der Waals surface area contributed by atoms with E-state index in [0.717, 1.165) is 18.7 Å². The van der Waals surface area contributed by atoms with Gasteiger partial charge in [-0.05, 0) is 24.1 Å². The van der Waals surface area contributed by atoms with Crippen LogP contribution in [0.4, 0.5) is 5.69 Å². The summed E-state index contributed by atoms with van der Waals surface area (Å²) in [5.74, 6) is 0.546. The highest BCUT2D eigenvalue weighted by Gasteiger charge is 2.14. The van der Waals surface area contributed by atoms with Crippen molar-refractivity contribution in [3.8, 4) is 0 Å². The normalized spacial score (nSPS) is 12.1. The van der Waals surface area contributed by atoms with Crippen LogP contribution in [0.5, 0.6) is 0 Å². The second-order valence-electron chi connectivity index (χ2n) is 4.78. The molecule has 4 heteroatoms. The van der Waals surface area contributed by atoms with E-state index in [2.05, 4.69) is 19.2 Å². The van der Waals surface area contributed by atoms with Crippen LogP contribution in [-0.4, -0.2) is 31.4 Å². The van der Waals surface area contributed by atoms with Crippen molar-refractivity contribution in [3.05, 3.63) is 28.8 Å². The summed E-state index contributed by atoms with van der Waals surface area (Å²) in [6.07, 6.45) is 1.10. The summed E-state index contributed by atoms with van der Waals surface area (Å²) >= 11 is 5.99. The molecule has 0 bridgehead atoms. The lowest BCUT2D eigenvalue weighted by Crippen LogP contribution is -2.23. The predicted molar refractivity (Wildman–Crippen MR) is 77.4 cm³/mol. The number of carbonyl (C=O) groups excluding carboxylic acids is 1. The average molecular weight is 269 g/mol. The van der Waals surface area contributed by atoms with Crippen molar-refractivity contribution in [1.82, 2.24) is 4.90 Å². The molecule has 18 heavy (non-hydrogen) atoms. The molecule has 0 spiro atoms. The van der Waals surface area contributed by atoms with Crippen LogP contribution in [0.2, 0.25) is 5.02 Å². The first-order valence-corrected chi connectivity index (χ1v) is 6.58. The number of nitrogens with one attached hydrogen (secondary N) is 1. The fourth-order valence-corrected chi connectivity index (χ4v) is 1.69. The maximum atomic E-state index is 12.0. The van der Waals surface area contributed by atoms with Crippen molar-refractivity contribution in [2.45, 2.75) is 20.3 Å². The summed E-state index contributed by atoms with van der Waals surface area (Å²) in [6.45, 7) is 5.16. The zero-order valence-corrected chi connectivity index (χ0v) is 12.2. The minimum absolute atomic E-state index is 0.0154. The molecular formula is C14H21ClN2O. The van der Waals surface area contributed by atoms with E-state index < -0.39 is 0 Å². The third-order valence-corrected chi connectivity index (χ3v) is 3.19. The number of nitrogens with zero attached hydrogens (tertiary/aromatic N) is 1. The average Bonchev–Trinajstić information content (AvgIpc) is 2.35. The minimum Gasteiger partial charge on any atom is -0.384 e. The van der Waals surface area contributed by atoms with E-state index in [1.165, 1.54) is 0 Å². The van der Waals surface area contributed by atoms with Gasteiger partial charge in [0, 0.05) is 31.4 Å². The molecule has 0 saturated heterocycles. The number of rotatable bonds is 5. The Balaban J connectivity index is 2.93. The van der Waals surface area contributed by atoms with Gasteiger partial charge in [0.25, 0.3) is 5.91 Å². The molecule has 0 fully saturated rings. The zero-order valence-electron chi connectivity index (χ0n) is 11.5. The highest BCUT2D eigenvalue weighted by Crippen LogP contribution is 2.22. The molecule has 1 unspecified atom stereocenters. The van der Waals surface area contributed by atoms with Crippen LogP contribution in [0.25, 0.3) is 0 Å². The highest BCUT2D eigenvalue weighted by molar-refractivity contribution is 6.31. The first-order chi connectivity index (χ1) is 8.45. The number of halogens is 1. The zero-order chi connectivity index (χ0) is 13.7. The maximum Gasteiger partial charge on any atom is 0.255 e. The molecule has 1 aromatic rings. The van der Waals surface area contributed by atoms with Crippen molar-refractivity contribution in [2.75, 3.05) is 26.0 Å². The minimum atomic E-state index is -0.0154. The molecule has 0 aliphatic carbocycles. The number of amides is 1. The first kappa shape index (κ1) is 14.8. The molecule has 1 amide bonds. The second kappa shape index (κ2) is 6.64. The second-order valence-corrected chi connectivity index (χ2v) is 5.22. The van der Waals surface area contributed by atoms with Gasteiger partial charge in [-0.1, -0.05) is 31.9 Å².